The van der Waals surface area contributed by atoms with Gasteiger partial charge in [0.15, 0.2) is 5.82 Å². The summed E-state index contributed by atoms with van der Waals surface area (Å²) in [5.74, 6) is 0.346. The molecule has 0 spiro atoms. The minimum Gasteiger partial charge on any atom is -0.351 e. The first-order valence-corrected chi connectivity index (χ1v) is 11.9. The summed E-state index contributed by atoms with van der Waals surface area (Å²) < 4.78 is 39.4. The first-order valence-electron chi connectivity index (χ1n) is 9.94. The molecule has 12 heteroatoms. The minimum atomic E-state index is -3.44. The van der Waals surface area contributed by atoms with Gasteiger partial charge in [-0.25, -0.2) is 37.5 Å². The van der Waals surface area contributed by atoms with Crippen molar-refractivity contribution in [1.29, 1.82) is 0 Å². The molecule has 3 aromatic rings. The quantitative estimate of drug-likeness (QED) is 0.470. The molecule has 2 heterocycles. The lowest BCUT2D eigenvalue weighted by Gasteiger charge is -2.29. The van der Waals surface area contributed by atoms with Crippen molar-refractivity contribution in [2.45, 2.75) is 37.8 Å². The SMILES string of the molecule is C=CS(=O)(=O)N[C@H]1CC[C@H](Nc2ncc3ncnc(Nc4ccc(F)c(Cl)c4)c3n2)CC1. The summed E-state index contributed by atoms with van der Waals surface area (Å²) in [4.78, 5) is 17.3. The Morgan fingerprint density at radius 2 is 1.88 bits per heavy atom. The molecular weight excluding hydrogens is 457 g/mol. The molecule has 168 valence electrons. The van der Waals surface area contributed by atoms with Crippen molar-refractivity contribution in [2.24, 2.45) is 0 Å². The Morgan fingerprint density at radius 3 is 2.59 bits per heavy atom. The monoisotopic (exact) mass is 477 g/mol. The van der Waals surface area contributed by atoms with Crippen LogP contribution in [-0.4, -0.2) is 40.4 Å². The highest BCUT2D eigenvalue weighted by Gasteiger charge is 2.24. The highest BCUT2D eigenvalue weighted by molar-refractivity contribution is 7.92. The number of halogens is 2. The Labute approximate surface area is 189 Å². The molecule has 32 heavy (non-hydrogen) atoms. The summed E-state index contributed by atoms with van der Waals surface area (Å²) >= 11 is 5.86. The molecule has 0 saturated heterocycles. The van der Waals surface area contributed by atoms with Gasteiger partial charge in [-0.3, -0.25) is 0 Å². The molecule has 1 aromatic carbocycles. The number of nitrogens with zero attached hydrogens (tertiary/aromatic N) is 4. The van der Waals surface area contributed by atoms with Crippen LogP contribution in [0.4, 0.5) is 21.8 Å². The lowest BCUT2D eigenvalue weighted by Crippen LogP contribution is -2.39. The van der Waals surface area contributed by atoms with E-state index in [0.29, 0.717) is 41.3 Å². The summed E-state index contributed by atoms with van der Waals surface area (Å²) in [5, 5.41) is 7.31. The number of anilines is 3. The second kappa shape index (κ2) is 9.31. The number of aromatic nitrogens is 4. The molecule has 9 nitrogen and oxygen atoms in total. The van der Waals surface area contributed by atoms with Crippen molar-refractivity contribution >= 4 is 50.1 Å². The predicted molar refractivity (Wildman–Crippen MR) is 122 cm³/mol. The van der Waals surface area contributed by atoms with Crippen molar-refractivity contribution < 1.29 is 12.8 Å². The molecule has 3 N–H and O–H groups in total. The third-order valence-electron chi connectivity index (χ3n) is 5.17. The molecule has 0 bridgehead atoms. The zero-order valence-electron chi connectivity index (χ0n) is 16.9. The Balaban J connectivity index is 1.47. The third-order valence-corrected chi connectivity index (χ3v) is 6.56. The van der Waals surface area contributed by atoms with E-state index in [0.717, 1.165) is 18.2 Å². The molecule has 4 rings (SSSR count). The Hall–Kier alpha value is -2.89. The molecule has 0 amide bonds. The van der Waals surface area contributed by atoms with Crippen molar-refractivity contribution in [2.75, 3.05) is 10.6 Å². The average molecular weight is 478 g/mol. The van der Waals surface area contributed by atoms with E-state index in [9.17, 15) is 12.8 Å². The normalized spacial score (nSPS) is 18.9. The van der Waals surface area contributed by atoms with Crippen LogP contribution in [0.2, 0.25) is 5.02 Å². The maximum atomic E-state index is 13.4. The second-order valence-corrected chi connectivity index (χ2v) is 9.49. The molecule has 1 aliphatic rings. The van der Waals surface area contributed by atoms with Crippen molar-refractivity contribution in [3.05, 3.63) is 53.6 Å². The molecular formula is C20H21ClFN7O2S. The van der Waals surface area contributed by atoms with Gasteiger partial charge in [-0.05, 0) is 43.9 Å². The van der Waals surface area contributed by atoms with Gasteiger partial charge in [0.25, 0.3) is 0 Å². The Kier molecular flexibility index (Phi) is 6.49. The van der Waals surface area contributed by atoms with Gasteiger partial charge in [0.05, 0.1) is 11.2 Å². The van der Waals surface area contributed by atoms with Crippen LogP contribution >= 0.6 is 11.6 Å². The van der Waals surface area contributed by atoms with E-state index in [-0.39, 0.29) is 17.1 Å². The number of benzene rings is 1. The number of hydrogen-bond acceptors (Lipinski definition) is 8. The van der Waals surface area contributed by atoms with Gasteiger partial charge in [-0.1, -0.05) is 18.2 Å². The molecule has 1 fully saturated rings. The van der Waals surface area contributed by atoms with E-state index in [1.807, 2.05) is 0 Å². The van der Waals surface area contributed by atoms with E-state index >= 15 is 0 Å². The number of hydrogen-bond donors (Lipinski definition) is 3. The molecule has 1 saturated carbocycles. The predicted octanol–water partition coefficient (Wildman–Crippen LogP) is 3.74. The molecule has 2 aromatic heterocycles. The van der Waals surface area contributed by atoms with Gasteiger partial charge >= 0.3 is 0 Å². The summed E-state index contributed by atoms with van der Waals surface area (Å²) in [6, 6.07) is 4.27. The lowest BCUT2D eigenvalue weighted by molar-refractivity contribution is 0.387. The fourth-order valence-corrected chi connectivity index (χ4v) is 4.52. The van der Waals surface area contributed by atoms with Gasteiger partial charge in [-0.15, -0.1) is 0 Å². The Bertz CT molecular complexity index is 1250. The summed E-state index contributed by atoms with van der Waals surface area (Å²) in [6.07, 6.45) is 5.89. The first-order chi connectivity index (χ1) is 15.3. The fraction of sp³-hybridized carbons (Fsp3) is 0.300. The summed E-state index contributed by atoms with van der Waals surface area (Å²) in [6.45, 7) is 3.32. The van der Waals surface area contributed by atoms with Crippen molar-refractivity contribution in [3.63, 3.8) is 0 Å². The standard InChI is InChI=1S/C20H21ClFN7O2S/c1-2-32(30,31)29-13-5-3-12(4-6-13)27-20-23-10-17-18(28-20)19(25-11-24-17)26-14-7-8-16(22)15(21)9-14/h2,7-13,29H,1,3-6H2,(H,23,27,28)(H,24,25,26)/t12-,13-. The van der Waals surface area contributed by atoms with Crippen LogP contribution in [0.5, 0.6) is 0 Å². The highest BCUT2D eigenvalue weighted by atomic mass is 35.5. The van der Waals surface area contributed by atoms with Crippen molar-refractivity contribution in [1.82, 2.24) is 24.7 Å². The van der Waals surface area contributed by atoms with Crippen LogP contribution in [0.25, 0.3) is 11.0 Å². The van der Waals surface area contributed by atoms with Gasteiger partial charge in [0.1, 0.15) is 23.2 Å². The Morgan fingerprint density at radius 1 is 1.12 bits per heavy atom. The highest BCUT2D eigenvalue weighted by Crippen LogP contribution is 2.26. The van der Waals surface area contributed by atoms with Gasteiger partial charge < -0.3 is 10.6 Å². The van der Waals surface area contributed by atoms with Gasteiger partial charge in [0.2, 0.25) is 16.0 Å². The van der Waals surface area contributed by atoms with E-state index in [1.54, 1.807) is 12.3 Å². The van der Waals surface area contributed by atoms with Crippen LogP contribution in [-0.2, 0) is 10.0 Å². The number of fused-ring (bicyclic) bond motifs is 1. The van der Waals surface area contributed by atoms with E-state index < -0.39 is 15.8 Å². The van der Waals surface area contributed by atoms with E-state index in [2.05, 4.69) is 41.9 Å². The van der Waals surface area contributed by atoms with Gasteiger partial charge in [-0.2, -0.15) is 0 Å². The molecule has 0 aliphatic heterocycles. The second-order valence-electron chi connectivity index (χ2n) is 7.43. The largest absolute Gasteiger partial charge is 0.351 e. The zero-order valence-corrected chi connectivity index (χ0v) is 18.5. The molecule has 0 atom stereocenters. The maximum absolute atomic E-state index is 13.4. The zero-order chi connectivity index (χ0) is 22.7. The molecule has 0 unspecified atom stereocenters. The number of rotatable bonds is 7. The smallest absolute Gasteiger partial charge is 0.233 e. The fourth-order valence-electron chi connectivity index (χ4n) is 3.54. The van der Waals surface area contributed by atoms with Crippen LogP contribution in [0.15, 0.2) is 42.7 Å². The van der Waals surface area contributed by atoms with E-state index in [1.165, 1.54) is 18.5 Å². The number of sulfonamides is 1. The average Bonchev–Trinajstić information content (AvgIpc) is 2.78. The van der Waals surface area contributed by atoms with Crippen LogP contribution in [0.3, 0.4) is 0 Å². The van der Waals surface area contributed by atoms with Crippen LogP contribution in [0, 0.1) is 5.82 Å². The first kappa shape index (κ1) is 22.3. The van der Waals surface area contributed by atoms with Gasteiger partial charge in [0, 0.05) is 23.2 Å². The molecule has 0 radical (unpaired) electrons. The minimum absolute atomic E-state index is 0.00340. The third kappa shape index (κ3) is 5.29. The van der Waals surface area contributed by atoms with Crippen LogP contribution < -0.4 is 15.4 Å². The topological polar surface area (TPSA) is 122 Å². The molecule has 1 aliphatic carbocycles. The lowest BCUT2D eigenvalue weighted by atomic mass is 9.92. The van der Waals surface area contributed by atoms with E-state index in [4.69, 9.17) is 11.6 Å². The van der Waals surface area contributed by atoms with Crippen LogP contribution in [0.1, 0.15) is 25.7 Å². The summed E-state index contributed by atoms with van der Waals surface area (Å²) in [7, 11) is -3.44. The number of nitrogens with one attached hydrogen (secondary N) is 3. The van der Waals surface area contributed by atoms with Crippen molar-refractivity contribution in [3.8, 4) is 0 Å². The summed E-state index contributed by atoms with van der Waals surface area (Å²) in [5.41, 5.74) is 1.60. The maximum Gasteiger partial charge on any atom is 0.233 e.